The van der Waals surface area contributed by atoms with Gasteiger partial charge in [-0.25, -0.2) is 0 Å². The van der Waals surface area contributed by atoms with Crippen LogP contribution in [0.25, 0.3) is 0 Å². The lowest BCUT2D eigenvalue weighted by Crippen LogP contribution is -2.39. The van der Waals surface area contributed by atoms with Gasteiger partial charge in [-0.15, -0.1) is 0 Å². The number of carbonyl (C=O) groups excluding carboxylic acids is 1. The molecule has 0 aromatic carbocycles. The molecule has 0 saturated heterocycles. The molecular weight excluding hydrogens is 138 g/mol. The van der Waals surface area contributed by atoms with Crippen LogP contribution in [-0.4, -0.2) is 5.78 Å². The molecule has 1 aliphatic carbocycles. The third kappa shape index (κ3) is 1.42. The maximum Gasteiger partial charge on any atom is 0.152 e. The summed E-state index contributed by atoms with van der Waals surface area (Å²) in [6, 6.07) is 1.91. The van der Waals surface area contributed by atoms with E-state index in [-0.39, 0.29) is 17.6 Å². The maximum absolute atomic E-state index is 11.3. The van der Waals surface area contributed by atoms with Gasteiger partial charge in [-0.05, 0) is 18.8 Å². The average Bonchev–Trinajstić information content (AvgIpc) is 1.85. The van der Waals surface area contributed by atoms with Gasteiger partial charge in [-0.2, -0.15) is 5.26 Å². The molecule has 0 aromatic rings. The molecular formula is C9H13NO. The number of nitrogens with zero attached hydrogens (tertiary/aromatic N) is 1. The minimum atomic E-state index is -0.158. The largest absolute Gasteiger partial charge is 0.298 e. The van der Waals surface area contributed by atoms with E-state index in [2.05, 4.69) is 6.92 Å². The van der Waals surface area contributed by atoms with Crippen LogP contribution in [0.15, 0.2) is 0 Å². The summed E-state index contributed by atoms with van der Waals surface area (Å²) in [4.78, 5) is 11.3. The minimum Gasteiger partial charge on any atom is -0.298 e. The summed E-state index contributed by atoms with van der Waals surface area (Å²) in [5.74, 6) is 0.792. The summed E-state index contributed by atoms with van der Waals surface area (Å²) >= 11 is 0. The fourth-order valence-corrected chi connectivity index (χ4v) is 1.99. The van der Waals surface area contributed by atoms with Crippen LogP contribution in [0, 0.1) is 22.7 Å². The van der Waals surface area contributed by atoms with Gasteiger partial charge in [0.1, 0.15) is 0 Å². The highest BCUT2D eigenvalue weighted by atomic mass is 16.1. The van der Waals surface area contributed by atoms with Gasteiger partial charge in [-0.1, -0.05) is 13.8 Å². The lowest BCUT2D eigenvalue weighted by Gasteiger charge is -2.41. The highest BCUT2D eigenvalue weighted by molar-refractivity contribution is 5.86. The molecule has 0 spiro atoms. The molecule has 0 bridgehead atoms. The van der Waals surface area contributed by atoms with Crippen molar-refractivity contribution in [1.82, 2.24) is 0 Å². The molecule has 1 aliphatic rings. The smallest absolute Gasteiger partial charge is 0.152 e. The molecule has 0 radical (unpaired) electrons. The summed E-state index contributed by atoms with van der Waals surface area (Å²) in [5.41, 5.74) is -0.158. The van der Waals surface area contributed by atoms with E-state index in [1.165, 1.54) is 0 Å². The van der Waals surface area contributed by atoms with Gasteiger partial charge in [-0.3, -0.25) is 4.79 Å². The Balaban J connectivity index is 2.49. The topological polar surface area (TPSA) is 40.9 Å². The zero-order chi connectivity index (χ0) is 8.48. The second-order valence-electron chi connectivity index (χ2n) is 3.83. The Morgan fingerprint density at radius 2 is 2.27 bits per heavy atom. The van der Waals surface area contributed by atoms with Gasteiger partial charge < -0.3 is 0 Å². The molecule has 11 heavy (non-hydrogen) atoms. The van der Waals surface area contributed by atoms with Crippen molar-refractivity contribution in [3.63, 3.8) is 0 Å². The first-order valence-electron chi connectivity index (χ1n) is 3.99. The summed E-state index contributed by atoms with van der Waals surface area (Å²) in [7, 11) is 0. The SMILES string of the molecule is CC1CC(C)(C(=O)CC#N)C1. The number of Topliss-reactive ketones (excluding diaryl/α,β-unsaturated/α-hetero) is 1. The Kier molecular flexibility index (Phi) is 1.99. The normalized spacial score (nSPS) is 35.5. The van der Waals surface area contributed by atoms with E-state index in [1.807, 2.05) is 13.0 Å². The molecule has 0 atom stereocenters. The van der Waals surface area contributed by atoms with E-state index in [0.717, 1.165) is 12.8 Å². The second kappa shape index (κ2) is 2.65. The van der Waals surface area contributed by atoms with E-state index in [4.69, 9.17) is 5.26 Å². The van der Waals surface area contributed by atoms with Crippen molar-refractivity contribution in [2.75, 3.05) is 0 Å². The van der Waals surface area contributed by atoms with Crippen LogP contribution in [0.2, 0.25) is 0 Å². The van der Waals surface area contributed by atoms with Crippen LogP contribution in [0.1, 0.15) is 33.1 Å². The molecule has 0 unspecified atom stereocenters. The number of rotatable bonds is 2. The van der Waals surface area contributed by atoms with Crippen molar-refractivity contribution in [3.05, 3.63) is 0 Å². The van der Waals surface area contributed by atoms with Crippen molar-refractivity contribution >= 4 is 5.78 Å². The Morgan fingerprint density at radius 1 is 1.73 bits per heavy atom. The van der Waals surface area contributed by atoms with Gasteiger partial charge >= 0.3 is 0 Å². The molecule has 1 rings (SSSR count). The van der Waals surface area contributed by atoms with E-state index in [1.54, 1.807) is 0 Å². The number of carbonyl (C=O) groups is 1. The van der Waals surface area contributed by atoms with Gasteiger partial charge in [0.25, 0.3) is 0 Å². The standard InChI is InChI=1S/C9H13NO/c1-7-5-9(2,6-7)8(11)3-4-10/h7H,3,5-6H2,1-2H3. The van der Waals surface area contributed by atoms with Crippen LogP contribution in [0.5, 0.6) is 0 Å². The molecule has 60 valence electrons. The molecule has 0 aliphatic heterocycles. The number of nitriles is 1. The zero-order valence-corrected chi connectivity index (χ0v) is 7.05. The Labute approximate surface area is 67.2 Å². The molecule has 2 nitrogen and oxygen atoms in total. The third-order valence-corrected chi connectivity index (χ3v) is 2.51. The number of hydrogen-bond donors (Lipinski definition) is 0. The first-order chi connectivity index (χ1) is 5.08. The lowest BCUT2D eigenvalue weighted by atomic mass is 9.61. The van der Waals surface area contributed by atoms with Gasteiger partial charge in [0, 0.05) is 5.41 Å². The lowest BCUT2D eigenvalue weighted by molar-refractivity contribution is -0.133. The van der Waals surface area contributed by atoms with Crippen molar-refractivity contribution in [1.29, 1.82) is 5.26 Å². The average molecular weight is 151 g/mol. The molecule has 0 aromatic heterocycles. The maximum atomic E-state index is 11.3. The van der Waals surface area contributed by atoms with E-state index < -0.39 is 0 Å². The fourth-order valence-electron chi connectivity index (χ4n) is 1.99. The van der Waals surface area contributed by atoms with Crippen molar-refractivity contribution in [3.8, 4) is 6.07 Å². The summed E-state index contributed by atoms with van der Waals surface area (Å²) in [6.07, 6.45) is 2.02. The molecule has 0 amide bonds. The van der Waals surface area contributed by atoms with Gasteiger partial charge in [0.15, 0.2) is 5.78 Å². The van der Waals surface area contributed by atoms with Crippen LogP contribution >= 0.6 is 0 Å². The zero-order valence-electron chi connectivity index (χ0n) is 7.05. The van der Waals surface area contributed by atoms with Crippen LogP contribution in [0.4, 0.5) is 0 Å². The van der Waals surface area contributed by atoms with Crippen LogP contribution < -0.4 is 0 Å². The molecule has 0 N–H and O–H groups in total. The number of hydrogen-bond acceptors (Lipinski definition) is 2. The highest BCUT2D eigenvalue weighted by Gasteiger charge is 2.43. The quantitative estimate of drug-likeness (QED) is 0.604. The predicted molar refractivity (Wildman–Crippen MR) is 41.7 cm³/mol. The second-order valence-corrected chi connectivity index (χ2v) is 3.83. The predicted octanol–water partition coefficient (Wildman–Crippen LogP) is 1.91. The van der Waals surface area contributed by atoms with Crippen molar-refractivity contribution in [2.24, 2.45) is 11.3 Å². The molecule has 1 saturated carbocycles. The van der Waals surface area contributed by atoms with Gasteiger partial charge in [0.2, 0.25) is 0 Å². The summed E-state index contributed by atoms with van der Waals surface area (Å²) in [6.45, 7) is 4.11. The van der Waals surface area contributed by atoms with Crippen molar-refractivity contribution in [2.45, 2.75) is 33.1 Å². The van der Waals surface area contributed by atoms with E-state index in [0.29, 0.717) is 5.92 Å². The van der Waals surface area contributed by atoms with E-state index in [9.17, 15) is 4.79 Å². The molecule has 1 fully saturated rings. The van der Waals surface area contributed by atoms with E-state index >= 15 is 0 Å². The Bertz CT molecular complexity index is 208. The fraction of sp³-hybridized carbons (Fsp3) is 0.778. The highest BCUT2D eigenvalue weighted by Crippen LogP contribution is 2.46. The monoisotopic (exact) mass is 151 g/mol. The minimum absolute atomic E-state index is 0.0865. The third-order valence-electron chi connectivity index (χ3n) is 2.51. The first kappa shape index (κ1) is 8.26. The van der Waals surface area contributed by atoms with Crippen molar-refractivity contribution < 1.29 is 4.79 Å². The number of ketones is 1. The van der Waals surface area contributed by atoms with Gasteiger partial charge in [0.05, 0.1) is 12.5 Å². The summed E-state index contributed by atoms with van der Waals surface area (Å²) in [5, 5.41) is 8.31. The van der Waals surface area contributed by atoms with Crippen LogP contribution in [-0.2, 0) is 4.79 Å². The Morgan fingerprint density at radius 3 is 2.64 bits per heavy atom. The first-order valence-corrected chi connectivity index (χ1v) is 3.99. The summed E-state index contributed by atoms with van der Waals surface area (Å²) < 4.78 is 0. The Hall–Kier alpha value is -0.840. The molecule has 2 heteroatoms. The van der Waals surface area contributed by atoms with Crippen LogP contribution in [0.3, 0.4) is 0 Å². The molecule has 0 heterocycles.